The molecule has 1 N–H and O–H groups in total. The fraction of sp³-hybridized carbons (Fsp3) is 0.176. The second kappa shape index (κ2) is 6.41. The van der Waals surface area contributed by atoms with Crippen LogP contribution in [0.2, 0.25) is 15.1 Å². The van der Waals surface area contributed by atoms with Gasteiger partial charge in [0.05, 0.1) is 27.1 Å². The zero-order valence-electron chi connectivity index (χ0n) is 11.9. The second-order valence-electron chi connectivity index (χ2n) is 5.19. The Hall–Kier alpha value is -1.35. The second-order valence-corrected chi connectivity index (χ2v) is 6.44. The summed E-state index contributed by atoms with van der Waals surface area (Å²) in [6, 6.07) is 11.4. The predicted octanol–water partition coefficient (Wildman–Crippen LogP) is 6.14. The molecule has 0 radical (unpaired) electrons. The van der Waals surface area contributed by atoms with Gasteiger partial charge in [-0.2, -0.15) is 0 Å². The minimum Gasteiger partial charge on any atom is -0.490 e. The molecule has 5 heteroatoms. The molecule has 0 spiro atoms. The number of aromatic amines is 1. The smallest absolute Gasteiger partial charge is 0.130 e. The molecule has 0 saturated carbocycles. The lowest BCUT2D eigenvalue weighted by Crippen LogP contribution is -2.15. The van der Waals surface area contributed by atoms with E-state index in [1.54, 1.807) is 12.3 Å². The molecule has 0 amide bonds. The fourth-order valence-electron chi connectivity index (χ4n) is 2.45. The summed E-state index contributed by atoms with van der Waals surface area (Å²) < 4.78 is 6.06. The van der Waals surface area contributed by atoms with E-state index in [1.807, 2.05) is 37.3 Å². The summed E-state index contributed by atoms with van der Waals surface area (Å²) in [5.74, 6) is 0.729. The molecule has 2 aromatic carbocycles. The lowest BCUT2D eigenvalue weighted by Gasteiger charge is -2.16. The Morgan fingerprint density at radius 2 is 1.73 bits per heavy atom. The maximum atomic E-state index is 6.23. The number of ether oxygens (including phenoxy) is 1. The van der Waals surface area contributed by atoms with Crippen LogP contribution in [0.15, 0.2) is 42.6 Å². The number of nitrogens with one attached hydrogen (secondary N) is 1. The van der Waals surface area contributed by atoms with Crippen LogP contribution in [0.1, 0.15) is 12.5 Å². The zero-order chi connectivity index (χ0) is 15.7. The van der Waals surface area contributed by atoms with Crippen LogP contribution in [0.4, 0.5) is 0 Å². The van der Waals surface area contributed by atoms with Crippen LogP contribution in [0, 0.1) is 0 Å². The Morgan fingerprint density at radius 1 is 1.00 bits per heavy atom. The summed E-state index contributed by atoms with van der Waals surface area (Å²) in [5.41, 5.74) is 1.96. The van der Waals surface area contributed by atoms with Gasteiger partial charge in [0.15, 0.2) is 0 Å². The maximum Gasteiger partial charge on any atom is 0.130 e. The van der Waals surface area contributed by atoms with Crippen molar-refractivity contribution in [2.45, 2.75) is 19.4 Å². The van der Waals surface area contributed by atoms with Gasteiger partial charge in [-0.05, 0) is 36.8 Å². The van der Waals surface area contributed by atoms with E-state index in [4.69, 9.17) is 39.5 Å². The summed E-state index contributed by atoms with van der Waals surface area (Å²) in [6.07, 6.45) is 2.49. The molecule has 22 heavy (non-hydrogen) atoms. The van der Waals surface area contributed by atoms with Gasteiger partial charge >= 0.3 is 0 Å². The van der Waals surface area contributed by atoms with Crippen molar-refractivity contribution in [3.8, 4) is 5.75 Å². The molecule has 1 atom stereocenters. The fourth-order valence-corrected chi connectivity index (χ4v) is 3.03. The first-order valence-electron chi connectivity index (χ1n) is 6.91. The molecule has 0 bridgehead atoms. The molecule has 0 saturated heterocycles. The van der Waals surface area contributed by atoms with Crippen LogP contribution in [0.5, 0.6) is 5.75 Å². The SMILES string of the molecule is CC(Cc1ccc(Cl)cc1)Oc1ccc(Cl)c2[nH]cc(Cl)c12. The molecular formula is C17H14Cl3NO. The average Bonchev–Trinajstić information content (AvgIpc) is 2.88. The third-order valence-corrected chi connectivity index (χ3v) is 4.33. The number of hydrogen-bond acceptors (Lipinski definition) is 1. The maximum absolute atomic E-state index is 6.23. The first-order chi connectivity index (χ1) is 10.5. The molecule has 1 heterocycles. The molecule has 0 fully saturated rings. The average molecular weight is 355 g/mol. The van der Waals surface area contributed by atoms with Gasteiger partial charge in [-0.25, -0.2) is 0 Å². The molecule has 0 aliphatic rings. The molecule has 0 aliphatic heterocycles. The minimum atomic E-state index is -0.00322. The first-order valence-corrected chi connectivity index (χ1v) is 8.04. The normalized spacial score (nSPS) is 12.5. The standard InChI is InChI=1S/C17H14Cl3NO/c1-10(8-11-2-4-12(18)5-3-11)22-15-7-6-13(19)17-16(15)14(20)9-21-17/h2-7,9-10,21H,8H2,1H3. The molecule has 114 valence electrons. The van der Waals surface area contributed by atoms with Crippen molar-refractivity contribution in [3.05, 3.63) is 63.2 Å². The van der Waals surface area contributed by atoms with E-state index >= 15 is 0 Å². The monoisotopic (exact) mass is 353 g/mol. The van der Waals surface area contributed by atoms with E-state index in [9.17, 15) is 0 Å². The van der Waals surface area contributed by atoms with Crippen LogP contribution in [-0.4, -0.2) is 11.1 Å². The van der Waals surface area contributed by atoms with Crippen molar-refractivity contribution in [2.75, 3.05) is 0 Å². The number of rotatable bonds is 4. The number of aromatic nitrogens is 1. The van der Waals surface area contributed by atoms with E-state index in [0.29, 0.717) is 10.0 Å². The van der Waals surface area contributed by atoms with Gasteiger partial charge in [-0.3, -0.25) is 0 Å². The summed E-state index contributed by atoms with van der Waals surface area (Å²) in [4.78, 5) is 3.07. The largest absolute Gasteiger partial charge is 0.490 e. The highest BCUT2D eigenvalue weighted by Crippen LogP contribution is 2.36. The van der Waals surface area contributed by atoms with Crippen LogP contribution in [0.25, 0.3) is 10.9 Å². The number of halogens is 3. The quantitative estimate of drug-likeness (QED) is 0.598. The highest BCUT2D eigenvalue weighted by atomic mass is 35.5. The van der Waals surface area contributed by atoms with Crippen molar-refractivity contribution in [2.24, 2.45) is 0 Å². The number of benzene rings is 2. The van der Waals surface area contributed by atoms with Crippen LogP contribution in [0.3, 0.4) is 0 Å². The Labute approximate surface area is 143 Å². The van der Waals surface area contributed by atoms with Crippen molar-refractivity contribution in [1.29, 1.82) is 0 Å². The van der Waals surface area contributed by atoms with Crippen molar-refractivity contribution >= 4 is 45.7 Å². The van der Waals surface area contributed by atoms with Crippen LogP contribution in [-0.2, 0) is 6.42 Å². The Morgan fingerprint density at radius 3 is 2.45 bits per heavy atom. The van der Waals surface area contributed by atoms with E-state index in [0.717, 1.165) is 28.1 Å². The van der Waals surface area contributed by atoms with Gasteiger partial charge < -0.3 is 9.72 Å². The van der Waals surface area contributed by atoms with Gasteiger partial charge in [0, 0.05) is 17.6 Å². The van der Waals surface area contributed by atoms with Crippen molar-refractivity contribution < 1.29 is 4.74 Å². The highest BCUT2D eigenvalue weighted by Gasteiger charge is 2.14. The highest BCUT2D eigenvalue weighted by molar-refractivity contribution is 6.40. The third-order valence-electron chi connectivity index (χ3n) is 3.46. The van der Waals surface area contributed by atoms with Crippen molar-refractivity contribution in [1.82, 2.24) is 4.98 Å². The van der Waals surface area contributed by atoms with E-state index < -0.39 is 0 Å². The Bertz CT molecular complexity index is 796. The predicted molar refractivity (Wildman–Crippen MR) is 93.6 cm³/mol. The molecule has 1 aromatic heterocycles. The van der Waals surface area contributed by atoms with Gasteiger partial charge in [0.25, 0.3) is 0 Å². The van der Waals surface area contributed by atoms with E-state index in [1.165, 1.54) is 5.56 Å². The molecule has 3 aromatic rings. The Balaban J connectivity index is 1.82. The lowest BCUT2D eigenvalue weighted by atomic mass is 10.1. The summed E-state index contributed by atoms with van der Waals surface area (Å²) in [6.45, 7) is 2.02. The Kier molecular flexibility index (Phi) is 4.53. The van der Waals surface area contributed by atoms with E-state index in [2.05, 4.69) is 4.98 Å². The number of fused-ring (bicyclic) bond motifs is 1. The minimum absolute atomic E-state index is 0.00322. The molecular weight excluding hydrogens is 341 g/mol. The number of hydrogen-bond donors (Lipinski definition) is 1. The molecule has 0 aliphatic carbocycles. The summed E-state index contributed by atoms with van der Waals surface area (Å²) in [7, 11) is 0. The first kappa shape index (κ1) is 15.5. The summed E-state index contributed by atoms with van der Waals surface area (Å²) >= 11 is 18.3. The summed E-state index contributed by atoms with van der Waals surface area (Å²) in [5, 5.41) is 2.78. The third kappa shape index (κ3) is 3.19. The van der Waals surface area contributed by atoms with Gasteiger partial charge in [0.1, 0.15) is 5.75 Å². The molecule has 1 unspecified atom stereocenters. The van der Waals surface area contributed by atoms with Crippen LogP contribution < -0.4 is 4.74 Å². The van der Waals surface area contributed by atoms with Crippen molar-refractivity contribution in [3.63, 3.8) is 0 Å². The lowest BCUT2D eigenvalue weighted by molar-refractivity contribution is 0.225. The molecule has 3 rings (SSSR count). The van der Waals surface area contributed by atoms with Gasteiger partial charge in [-0.15, -0.1) is 0 Å². The number of H-pyrrole nitrogens is 1. The van der Waals surface area contributed by atoms with Gasteiger partial charge in [-0.1, -0.05) is 46.9 Å². The van der Waals surface area contributed by atoms with Crippen LogP contribution >= 0.6 is 34.8 Å². The zero-order valence-corrected chi connectivity index (χ0v) is 14.1. The van der Waals surface area contributed by atoms with Gasteiger partial charge in [0.2, 0.25) is 0 Å². The van der Waals surface area contributed by atoms with E-state index in [-0.39, 0.29) is 6.10 Å². The topological polar surface area (TPSA) is 25.0 Å². The molecule has 2 nitrogen and oxygen atoms in total.